The predicted molar refractivity (Wildman–Crippen MR) is 109 cm³/mol. The van der Waals surface area contributed by atoms with Crippen molar-refractivity contribution in [2.75, 3.05) is 20.2 Å². The van der Waals surface area contributed by atoms with Crippen molar-refractivity contribution in [2.45, 2.75) is 26.0 Å². The molecule has 0 radical (unpaired) electrons. The number of furan rings is 1. The summed E-state index contributed by atoms with van der Waals surface area (Å²) in [5.41, 5.74) is -0.273. The van der Waals surface area contributed by atoms with Gasteiger partial charge in [0.25, 0.3) is 0 Å². The van der Waals surface area contributed by atoms with Gasteiger partial charge in [0.05, 0.1) is 19.9 Å². The molecule has 0 bridgehead atoms. The summed E-state index contributed by atoms with van der Waals surface area (Å²) in [5, 5.41) is 24.0. The van der Waals surface area contributed by atoms with Gasteiger partial charge in [-0.2, -0.15) is 5.10 Å². The minimum absolute atomic E-state index is 0.236. The highest BCUT2D eigenvalue weighted by atomic mass is 16.5. The van der Waals surface area contributed by atoms with E-state index >= 15 is 0 Å². The maximum absolute atomic E-state index is 10.6. The van der Waals surface area contributed by atoms with Crippen LogP contribution >= 0.6 is 0 Å². The summed E-state index contributed by atoms with van der Waals surface area (Å²) in [4.78, 5) is 8.98. The standard InChI is InChI=1S/C20H26N6O3/c1-4-21-19(23-13-20(2,27)16-6-5-11-29-16)22-12-17-24-18(26-25-17)14-7-9-15(28-3)10-8-14/h5-11,27H,4,12-13H2,1-3H3,(H2,21,22,23)(H,24,25,26). The zero-order chi connectivity index (χ0) is 20.7. The zero-order valence-corrected chi connectivity index (χ0v) is 16.8. The maximum Gasteiger partial charge on any atom is 0.191 e. The van der Waals surface area contributed by atoms with Crippen molar-refractivity contribution in [2.24, 2.45) is 4.99 Å². The molecule has 1 atom stereocenters. The fourth-order valence-electron chi connectivity index (χ4n) is 2.66. The Morgan fingerprint density at radius 3 is 2.72 bits per heavy atom. The van der Waals surface area contributed by atoms with Crippen LogP contribution in [0.25, 0.3) is 11.4 Å². The molecule has 0 aliphatic heterocycles. The summed E-state index contributed by atoms with van der Waals surface area (Å²) in [7, 11) is 1.63. The number of aliphatic hydroxyl groups is 1. The topological polar surface area (TPSA) is 121 Å². The number of ether oxygens (including phenoxy) is 1. The molecule has 0 amide bonds. The molecular formula is C20H26N6O3. The van der Waals surface area contributed by atoms with E-state index in [0.29, 0.717) is 36.5 Å². The number of nitrogens with one attached hydrogen (secondary N) is 3. The van der Waals surface area contributed by atoms with Crippen LogP contribution in [0, 0.1) is 0 Å². The fourth-order valence-corrected chi connectivity index (χ4v) is 2.66. The minimum atomic E-state index is -1.16. The van der Waals surface area contributed by atoms with Crippen LogP contribution in [-0.2, 0) is 12.1 Å². The Bertz CT molecular complexity index is 916. The Hall–Kier alpha value is -3.33. The third-order valence-corrected chi connectivity index (χ3v) is 4.26. The first-order valence-electron chi connectivity index (χ1n) is 9.36. The van der Waals surface area contributed by atoms with E-state index in [2.05, 4.69) is 30.8 Å². The van der Waals surface area contributed by atoms with E-state index in [0.717, 1.165) is 11.3 Å². The Balaban J connectivity index is 1.63. The van der Waals surface area contributed by atoms with Crippen LogP contribution in [0.5, 0.6) is 5.75 Å². The van der Waals surface area contributed by atoms with Gasteiger partial charge in [-0.3, -0.25) is 5.10 Å². The number of nitrogens with zero attached hydrogens (tertiary/aromatic N) is 3. The second kappa shape index (κ2) is 9.24. The molecule has 3 aromatic rings. The molecule has 154 valence electrons. The molecule has 0 aliphatic rings. The number of methoxy groups -OCH3 is 1. The highest BCUT2D eigenvalue weighted by Gasteiger charge is 2.26. The number of hydrogen-bond acceptors (Lipinski definition) is 6. The van der Waals surface area contributed by atoms with E-state index in [-0.39, 0.29) is 6.54 Å². The number of guanidine groups is 1. The molecule has 3 rings (SSSR count). The summed E-state index contributed by atoms with van der Waals surface area (Å²) >= 11 is 0. The summed E-state index contributed by atoms with van der Waals surface area (Å²) in [5.74, 6) is 3.05. The fraction of sp³-hybridized carbons (Fsp3) is 0.350. The first-order chi connectivity index (χ1) is 14.0. The smallest absolute Gasteiger partial charge is 0.191 e. The Morgan fingerprint density at radius 1 is 1.28 bits per heavy atom. The van der Waals surface area contributed by atoms with Crippen LogP contribution in [0.3, 0.4) is 0 Å². The van der Waals surface area contributed by atoms with Gasteiger partial charge in [0.15, 0.2) is 11.8 Å². The van der Waals surface area contributed by atoms with Crippen molar-refractivity contribution in [1.29, 1.82) is 0 Å². The molecule has 1 aromatic carbocycles. The average Bonchev–Trinajstić information content (AvgIpc) is 3.43. The van der Waals surface area contributed by atoms with Gasteiger partial charge in [-0.25, -0.2) is 9.98 Å². The minimum Gasteiger partial charge on any atom is -0.497 e. The van der Waals surface area contributed by atoms with Gasteiger partial charge in [-0.1, -0.05) is 0 Å². The lowest BCUT2D eigenvalue weighted by Gasteiger charge is -2.22. The second-order valence-corrected chi connectivity index (χ2v) is 6.63. The van der Waals surface area contributed by atoms with Gasteiger partial charge in [-0.15, -0.1) is 0 Å². The molecule has 2 heterocycles. The van der Waals surface area contributed by atoms with E-state index in [1.807, 2.05) is 31.2 Å². The number of benzene rings is 1. The number of aliphatic imine (C=N–C) groups is 1. The van der Waals surface area contributed by atoms with Crippen LogP contribution in [-0.4, -0.2) is 46.4 Å². The van der Waals surface area contributed by atoms with Gasteiger partial charge in [0, 0.05) is 12.1 Å². The zero-order valence-electron chi connectivity index (χ0n) is 16.8. The molecule has 0 saturated carbocycles. The lowest BCUT2D eigenvalue weighted by atomic mass is 10.0. The molecule has 29 heavy (non-hydrogen) atoms. The summed E-state index contributed by atoms with van der Waals surface area (Å²) < 4.78 is 10.5. The highest BCUT2D eigenvalue weighted by molar-refractivity contribution is 5.79. The van der Waals surface area contributed by atoms with Crippen molar-refractivity contribution in [1.82, 2.24) is 25.8 Å². The number of aromatic amines is 1. The predicted octanol–water partition coefficient (Wildman–Crippen LogP) is 2.04. The third-order valence-electron chi connectivity index (χ3n) is 4.26. The monoisotopic (exact) mass is 398 g/mol. The molecule has 1 unspecified atom stereocenters. The third kappa shape index (κ3) is 5.35. The summed E-state index contributed by atoms with van der Waals surface area (Å²) in [6.07, 6.45) is 1.54. The van der Waals surface area contributed by atoms with E-state index in [1.165, 1.54) is 6.26 Å². The van der Waals surface area contributed by atoms with Crippen molar-refractivity contribution < 1.29 is 14.3 Å². The summed E-state index contributed by atoms with van der Waals surface area (Å²) in [6, 6.07) is 11.0. The number of aromatic nitrogens is 3. The SMILES string of the molecule is CCNC(=NCc1nc(-c2ccc(OC)cc2)n[nH]1)NCC(C)(O)c1ccco1. The molecule has 0 saturated heterocycles. The highest BCUT2D eigenvalue weighted by Crippen LogP contribution is 2.20. The van der Waals surface area contributed by atoms with Gasteiger partial charge >= 0.3 is 0 Å². The first kappa shape index (κ1) is 20.4. The largest absolute Gasteiger partial charge is 0.497 e. The van der Waals surface area contributed by atoms with Crippen LogP contribution in [0.15, 0.2) is 52.1 Å². The number of H-pyrrole nitrogens is 1. The molecule has 0 spiro atoms. The van der Waals surface area contributed by atoms with Crippen LogP contribution in [0.4, 0.5) is 0 Å². The molecular weight excluding hydrogens is 372 g/mol. The quantitative estimate of drug-likeness (QED) is 0.338. The van der Waals surface area contributed by atoms with Crippen LogP contribution in [0.1, 0.15) is 25.4 Å². The van der Waals surface area contributed by atoms with Crippen LogP contribution < -0.4 is 15.4 Å². The Labute approximate surface area is 169 Å². The summed E-state index contributed by atoms with van der Waals surface area (Å²) in [6.45, 7) is 4.88. The molecule has 0 fully saturated rings. The Morgan fingerprint density at radius 2 is 2.07 bits per heavy atom. The lowest BCUT2D eigenvalue weighted by Crippen LogP contribution is -2.44. The van der Waals surface area contributed by atoms with Gasteiger partial charge < -0.3 is 24.9 Å². The maximum atomic E-state index is 10.6. The van der Waals surface area contributed by atoms with E-state index in [1.54, 1.807) is 26.2 Å². The molecule has 4 N–H and O–H groups in total. The molecule has 9 nitrogen and oxygen atoms in total. The van der Waals surface area contributed by atoms with Crippen molar-refractivity contribution in [3.05, 3.63) is 54.2 Å². The van der Waals surface area contributed by atoms with Gasteiger partial charge in [0.2, 0.25) is 0 Å². The van der Waals surface area contributed by atoms with Crippen molar-refractivity contribution >= 4 is 5.96 Å². The Kier molecular flexibility index (Phi) is 6.50. The molecule has 0 aliphatic carbocycles. The molecule has 2 aromatic heterocycles. The normalized spacial score (nSPS) is 13.7. The second-order valence-electron chi connectivity index (χ2n) is 6.63. The van der Waals surface area contributed by atoms with Crippen molar-refractivity contribution in [3.8, 4) is 17.1 Å². The first-order valence-corrected chi connectivity index (χ1v) is 9.36. The van der Waals surface area contributed by atoms with Gasteiger partial charge in [0.1, 0.15) is 29.5 Å². The molecule has 9 heteroatoms. The van der Waals surface area contributed by atoms with E-state index < -0.39 is 5.60 Å². The number of hydrogen-bond donors (Lipinski definition) is 4. The van der Waals surface area contributed by atoms with Crippen LogP contribution in [0.2, 0.25) is 0 Å². The van der Waals surface area contributed by atoms with Crippen molar-refractivity contribution in [3.63, 3.8) is 0 Å². The van der Waals surface area contributed by atoms with E-state index in [4.69, 9.17) is 9.15 Å². The van der Waals surface area contributed by atoms with E-state index in [9.17, 15) is 5.11 Å². The number of rotatable bonds is 8. The lowest BCUT2D eigenvalue weighted by molar-refractivity contribution is 0.0386. The average molecular weight is 398 g/mol. The van der Waals surface area contributed by atoms with Gasteiger partial charge in [-0.05, 0) is 50.2 Å².